The van der Waals surface area contributed by atoms with Gasteiger partial charge in [0, 0.05) is 12.5 Å². The van der Waals surface area contributed by atoms with Crippen molar-refractivity contribution in [3.05, 3.63) is 0 Å². The number of hydrogen-bond donors (Lipinski definition) is 3. The Bertz CT molecular complexity index is 118. The number of hydrogen-bond acceptors (Lipinski definition) is 3. The van der Waals surface area contributed by atoms with Crippen LogP contribution in [-0.2, 0) is 4.84 Å². The number of rotatable bonds is 1. The van der Waals surface area contributed by atoms with Crippen molar-refractivity contribution in [3.63, 3.8) is 0 Å². The molecule has 0 aromatic carbocycles. The molecule has 1 fully saturated rings. The molecular formula is C6H13N3O. The standard InChI is InChI=1S/C6H13N3O/c7-6(8)5-2-1-3-10-9-4-5/h5,9H,1-4H2,(H3,7,8). The molecule has 1 aliphatic rings. The van der Waals surface area contributed by atoms with E-state index < -0.39 is 0 Å². The fourth-order valence-electron chi connectivity index (χ4n) is 1.00. The van der Waals surface area contributed by atoms with Crippen LogP contribution in [0.25, 0.3) is 0 Å². The Hall–Kier alpha value is -0.610. The van der Waals surface area contributed by atoms with E-state index in [4.69, 9.17) is 16.0 Å². The van der Waals surface area contributed by atoms with E-state index in [1.54, 1.807) is 0 Å². The molecule has 1 aliphatic heterocycles. The van der Waals surface area contributed by atoms with E-state index in [0.717, 1.165) is 19.4 Å². The van der Waals surface area contributed by atoms with Crippen molar-refractivity contribution in [1.82, 2.24) is 5.48 Å². The smallest absolute Gasteiger partial charge is 0.0950 e. The van der Waals surface area contributed by atoms with Crippen LogP contribution in [-0.4, -0.2) is 19.0 Å². The second kappa shape index (κ2) is 3.53. The van der Waals surface area contributed by atoms with Crippen molar-refractivity contribution < 1.29 is 4.84 Å². The first-order valence-electron chi connectivity index (χ1n) is 3.49. The summed E-state index contributed by atoms with van der Waals surface area (Å²) in [7, 11) is 0. The highest BCUT2D eigenvalue weighted by molar-refractivity contribution is 5.79. The summed E-state index contributed by atoms with van der Waals surface area (Å²) < 4.78 is 0. The van der Waals surface area contributed by atoms with E-state index in [1.807, 2.05) is 0 Å². The predicted molar refractivity (Wildman–Crippen MR) is 38.6 cm³/mol. The summed E-state index contributed by atoms with van der Waals surface area (Å²) in [6, 6.07) is 0. The second-order valence-corrected chi connectivity index (χ2v) is 2.49. The van der Waals surface area contributed by atoms with E-state index in [-0.39, 0.29) is 11.8 Å². The molecule has 1 unspecified atom stereocenters. The van der Waals surface area contributed by atoms with Crippen molar-refractivity contribution in [2.24, 2.45) is 11.7 Å². The Balaban J connectivity index is 2.35. The zero-order chi connectivity index (χ0) is 7.40. The summed E-state index contributed by atoms with van der Waals surface area (Å²) in [4.78, 5) is 4.97. The number of amidine groups is 1. The molecule has 1 atom stereocenters. The van der Waals surface area contributed by atoms with Crippen molar-refractivity contribution in [2.75, 3.05) is 13.2 Å². The first-order chi connectivity index (χ1) is 4.80. The Labute approximate surface area is 60.2 Å². The fourth-order valence-corrected chi connectivity index (χ4v) is 1.00. The van der Waals surface area contributed by atoms with Crippen LogP contribution in [0.5, 0.6) is 0 Å². The monoisotopic (exact) mass is 143 g/mol. The minimum Gasteiger partial charge on any atom is -0.387 e. The first kappa shape index (κ1) is 7.50. The highest BCUT2D eigenvalue weighted by Gasteiger charge is 2.13. The minimum atomic E-state index is 0.169. The summed E-state index contributed by atoms with van der Waals surface area (Å²) in [5, 5.41) is 7.17. The molecule has 0 spiro atoms. The van der Waals surface area contributed by atoms with E-state index in [2.05, 4.69) is 5.48 Å². The van der Waals surface area contributed by atoms with Gasteiger partial charge < -0.3 is 10.6 Å². The lowest BCUT2D eigenvalue weighted by atomic mass is 10.0. The Morgan fingerprint density at radius 1 is 1.70 bits per heavy atom. The molecule has 58 valence electrons. The van der Waals surface area contributed by atoms with E-state index in [9.17, 15) is 0 Å². The number of hydroxylamine groups is 1. The summed E-state index contributed by atoms with van der Waals surface area (Å²) >= 11 is 0. The topological polar surface area (TPSA) is 71.1 Å². The Morgan fingerprint density at radius 3 is 3.20 bits per heavy atom. The van der Waals surface area contributed by atoms with Crippen LogP contribution in [0.1, 0.15) is 12.8 Å². The molecule has 0 radical (unpaired) electrons. The molecular weight excluding hydrogens is 130 g/mol. The third-order valence-corrected chi connectivity index (χ3v) is 1.67. The lowest BCUT2D eigenvalue weighted by Gasteiger charge is -2.09. The van der Waals surface area contributed by atoms with Crippen molar-refractivity contribution in [3.8, 4) is 0 Å². The molecule has 4 nitrogen and oxygen atoms in total. The highest BCUT2D eigenvalue weighted by Crippen LogP contribution is 2.07. The van der Waals surface area contributed by atoms with Crippen LogP contribution >= 0.6 is 0 Å². The number of nitrogens with two attached hydrogens (primary N) is 1. The van der Waals surface area contributed by atoms with E-state index in [1.165, 1.54) is 0 Å². The van der Waals surface area contributed by atoms with Gasteiger partial charge in [0.05, 0.1) is 12.4 Å². The lowest BCUT2D eigenvalue weighted by molar-refractivity contribution is 0.0510. The normalized spacial score (nSPS) is 27.4. The molecule has 0 aliphatic carbocycles. The van der Waals surface area contributed by atoms with Gasteiger partial charge in [-0.2, -0.15) is 0 Å². The van der Waals surface area contributed by atoms with Crippen LogP contribution in [0.4, 0.5) is 0 Å². The quantitative estimate of drug-likeness (QED) is 0.353. The van der Waals surface area contributed by atoms with Gasteiger partial charge in [-0.05, 0) is 12.8 Å². The molecule has 0 saturated carbocycles. The third kappa shape index (κ3) is 1.97. The van der Waals surface area contributed by atoms with Crippen molar-refractivity contribution in [2.45, 2.75) is 12.8 Å². The molecule has 4 N–H and O–H groups in total. The second-order valence-electron chi connectivity index (χ2n) is 2.49. The molecule has 1 heterocycles. The maximum absolute atomic E-state index is 7.17. The molecule has 0 aromatic heterocycles. The molecule has 1 rings (SSSR count). The molecule has 1 saturated heterocycles. The SMILES string of the molecule is N=C(N)C1CCCONC1. The predicted octanol–water partition coefficient (Wildman–Crippen LogP) is -0.146. The summed E-state index contributed by atoms with van der Waals surface area (Å²) in [6.45, 7) is 1.40. The average molecular weight is 143 g/mol. The maximum atomic E-state index is 7.17. The van der Waals surface area contributed by atoms with Gasteiger partial charge in [-0.1, -0.05) is 0 Å². The van der Waals surface area contributed by atoms with Crippen LogP contribution in [0, 0.1) is 11.3 Å². The maximum Gasteiger partial charge on any atom is 0.0950 e. The zero-order valence-corrected chi connectivity index (χ0v) is 5.89. The largest absolute Gasteiger partial charge is 0.387 e. The van der Waals surface area contributed by atoms with Crippen LogP contribution in [0.15, 0.2) is 0 Å². The zero-order valence-electron chi connectivity index (χ0n) is 5.89. The third-order valence-electron chi connectivity index (χ3n) is 1.67. The van der Waals surface area contributed by atoms with Gasteiger partial charge in [-0.3, -0.25) is 5.41 Å². The lowest BCUT2D eigenvalue weighted by Crippen LogP contribution is -2.30. The number of nitrogens with one attached hydrogen (secondary N) is 2. The fraction of sp³-hybridized carbons (Fsp3) is 0.833. The summed E-state index contributed by atoms with van der Waals surface area (Å²) in [6.07, 6.45) is 1.94. The summed E-state index contributed by atoms with van der Waals surface area (Å²) in [5.41, 5.74) is 8.08. The average Bonchev–Trinajstić information content (AvgIpc) is 2.12. The van der Waals surface area contributed by atoms with E-state index >= 15 is 0 Å². The van der Waals surface area contributed by atoms with Gasteiger partial charge in [0.15, 0.2) is 0 Å². The van der Waals surface area contributed by atoms with Gasteiger partial charge in [0.25, 0.3) is 0 Å². The molecule has 4 heteroatoms. The van der Waals surface area contributed by atoms with E-state index in [0.29, 0.717) is 6.54 Å². The Kier molecular flexibility index (Phi) is 2.65. The molecule has 0 amide bonds. The first-order valence-corrected chi connectivity index (χ1v) is 3.49. The van der Waals surface area contributed by atoms with Gasteiger partial charge >= 0.3 is 0 Å². The molecule has 0 bridgehead atoms. The van der Waals surface area contributed by atoms with Gasteiger partial charge in [0.2, 0.25) is 0 Å². The van der Waals surface area contributed by atoms with Crippen molar-refractivity contribution in [1.29, 1.82) is 5.41 Å². The van der Waals surface area contributed by atoms with Crippen LogP contribution in [0.3, 0.4) is 0 Å². The van der Waals surface area contributed by atoms with Crippen LogP contribution < -0.4 is 11.2 Å². The highest BCUT2D eigenvalue weighted by atomic mass is 16.6. The van der Waals surface area contributed by atoms with Crippen LogP contribution in [0.2, 0.25) is 0 Å². The van der Waals surface area contributed by atoms with Gasteiger partial charge in [-0.25, -0.2) is 5.48 Å². The molecule has 10 heavy (non-hydrogen) atoms. The minimum absolute atomic E-state index is 0.169. The Morgan fingerprint density at radius 2 is 2.50 bits per heavy atom. The summed E-state index contributed by atoms with van der Waals surface area (Å²) in [5.74, 6) is 0.431. The van der Waals surface area contributed by atoms with Crippen molar-refractivity contribution >= 4 is 5.84 Å². The van der Waals surface area contributed by atoms with Gasteiger partial charge in [0.1, 0.15) is 0 Å². The van der Waals surface area contributed by atoms with Gasteiger partial charge in [-0.15, -0.1) is 0 Å². The molecule has 0 aromatic rings.